The molecule has 7 nitrogen and oxygen atoms in total. The van der Waals surface area contributed by atoms with Crippen molar-refractivity contribution in [3.63, 3.8) is 0 Å². The van der Waals surface area contributed by atoms with Gasteiger partial charge in [-0.05, 0) is 26.0 Å². The Labute approximate surface area is 150 Å². The van der Waals surface area contributed by atoms with E-state index in [0.717, 1.165) is 0 Å². The first-order valence-corrected chi connectivity index (χ1v) is 7.99. The maximum atomic E-state index is 12.6. The minimum atomic E-state index is -0.707. The number of phenols is 3. The number of benzene rings is 2. The van der Waals surface area contributed by atoms with Crippen molar-refractivity contribution in [1.29, 1.82) is 0 Å². The van der Waals surface area contributed by atoms with Gasteiger partial charge in [-0.15, -0.1) is 0 Å². The molecule has 2 aromatic carbocycles. The highest BCUT2D eigenvalue weighted by atomic mass is 16.5. The van der Waals surface area contributed by atoms with E-state index in [1.807, 2.05) is 0 Å². The van der Waals surface area contributed by atoms with Crippen LogP contribution in [0.4, 0.5) is 0 Å². The number of ketones is 1. The second-order valence-electron chi connectivity index (χ2n) is 6.16. The number of hydrogen-bond acceptors (Lipinski definition) is 7. The molecule has 7 heteroatoms. The Balaban J connectivity index is 2.10. The molecule has 0 amide bonds. The summed E-state index contributed by atoms with van der Waals surface area (Å²) in [4.78, 5) is 12.6. The Bertz CT molecular complexity index is 902. The lowest BCUT2D eigenvalue weighted by Gasteiger charge is -2.29. The van der Waals surface area contributed by atoms with Crippen LogP contribution >= 0.6 is 0 Å². The van der Waals surface area contributed by atoms with E-state index in [-0.39, 0.29) is 52.1 Å². The van der Waals surface area contributed by atoms with Crippen LogP contribution < -0.4 is 14.2 Å². The molecule has 2 aromatic rings. The van der Waals surface area contributed by atoms with E-state index in [0.29, 0.717) is 16.9 Å². The quantitative estimate of drug-likeness (QED) is 0.772. The van der Waals surface area contributed by atoms with E-state index in [1.54, 1.807) is 13.0 Å². The summed E-state index contributed by atoms with van der Waals surface area (Å²) in [6, 6.07) is 3.05. The third-order valence-corrected chi connectivity index (χ3v) is 4.63. The van der Waals surface area contributed by atoms with Crippen LogP contribution in [0.15, 0.2) is 12.1 Å². The van der Waals surface area contributed by atoms with E-state index >= 15 is 0 Å². The average molecular weight is 360 g/mol. The third kappa shape index (κ3) is 2.56. The van der Waals surface area contributed by atoms with E-state index in [2.05, 4.69) is 0 Å². The number of aromatic hydroxyl groups is 3. The predicted molar refractivity (Wildman–Crippen MR) is 92.8 cm³/mol. The van der Waals surface area contributed by atoms with Crippen molar-refractivity contribution in [3.05, 3.63) is 34.4 Å². The number of Topliss-reactive ketones (excluding diaryl/α,β-unsaturated/α-hetero) is 1. The van der Waals surface area contributed by atoms with Crippen LogP contribution in [0, 0.1) is 13.8 Å². The summed E-state index contributed by atoms with van der Waals surface area (Å²) in [6.45, 7) is 3.14. The first-order chi connectivity index (χ1) is 12.3. The van der Waals surface area contributed by atoms with Gasteiger partial charge in [-0.2, -0.15) is 0 Å². The van der Waals surface area contributed by atoms with Gasteiger partial charge in [0.2, 0.25) is 5.75 Å². The zero-order chi connectivity index (χ0) is 19.2. The summed E-state index contributed by atoms with van der Waals surface area (Å²) < 4.78 is 16.2. The monoisotopic (exact) mass is 360 g/mol. The molecule has 3 N–H and O–H groups in total. The van der Waals surface area contributed by atoms with Gasteiger partial charge in [0.15, 0.2) is 17.3 Å². The van der Waals surface area contributed by atoms with Crippen molar-refractivity contribution in [2.75, 3.05) is 14.2 Å². The van der Waals surface area contributed by atoms with E-state index in [9.17, 15) is 20.1 Å². The van der Waals surface area contributed by atoms with Gasteiger partial charge in [-0.1, -0.05) is 0 Å². The van der Waals surface area contributed by atoms with Crippen molar-refractivity contribution in [2.24, 2.45) is 0 Å². The summed E-state index contributed by atoms with van der Waals surface area (Å²) in [5, 5.41) is 30.5. The average Bonchev–Trinajstić information content (AvgIpc) is 2.63. The van der Waals surface area contributed by atoms with Gasteiger partial charge >= 0.3 is 0 Å². The molecule has 1 heterocycles. The summed E-state index contributed by atoms with van der Waals surface area (Å²) >= 11 is 0. The van der Waals surface area contributed by atoms with Gasteiger partial charge in [-0.3, -0.25) is 4.79 Å². The topological polar surface area (TPSA) is 105 Å². The summed E-state index contributed by atoms with van der Waals surface area (Å²) in [7, 11) is 2.84. The minimum Gasteiger partial charge on any atom is -0.507 e. The fourth-order valence-electron chi connectivity index (χ4n) is 3.18. The molecule has 1 aliphatic rings. The molecular formula is C19H20O7. The Morgan fingerprint density at radius 2 is 1.73 bits per heavy atom. The highest BCUT2D eigenvalue weighted by Gasteiger charge is 2.34. The van der Waals surface area contributed by atoms with Crippen molar-refractivity contribution < 1.29 is 34.3 Å². The summed E-state index contributed by atoms with van der Waals surface area (Å²) in [6.07, 6.45) is -0.736. The summed E-state index contributed by atoms with van der Waals surface area (Å²) in [5.41, 5.74) is 1.19. The van der Waals surface area contributed by atoms with Crippen molar-refractivity contribution in [3.8, 4) is 34.5 Å². The molecular weight excluding hydrogens is 340 g/mol. The van der Waals surface area contributed by atoms with Crippen LogP contribution in [0.25, 0.3) is 0 Å². The molecule has 0 fully saturated rings. The maximum absolute atomic E-state index is 12.6. The van der Waals surface area contributed by atoms with Crippen molar-refractivity contribution in [2.45, 2.75) is 26.4 Å². The number of phenolic OH excluding ortho intramolecular Hbond substituents is 3. The maximum Gasteiger partial charge on any atom is 0.203 e. The number of hydrogen-bond donors (Lipinski definition) is 3. The van der Waals surface area contributed by atoms with Gasteiger partial charge < -0.3 is 29.5 Å². The molecule has 0 aliphatic carbocycles. The fourth-order valence-corrected chi connectivity index (χ4v) is 3.18. The number of carbonyl (C=O) groups is 1. The Morgan fingerprint density at radius 1 is 1.04 bits per heavy atom. The van der Waals surface area contributed by atoms with Crippen LogP contribution in [-0.4, -0.2) is 35.3 Å². The molecule has 0 aromatic heterocycles. The largest absolute Gasteiger partial charge is 0.507 e. The molecule has 26 heavy (non-hydrogen) atoms. The van der Waals surface area contributed by atoms with Gasteiger partial charge in [0.25, 0.3) is 0 Å². The molecule has 1 aliphatic heterocycles. The van der Waals surface area contributed by atoms with Gasteiger partial charge in [0.1, 0.15) is 28.9 Å². The number of carbonyl (C=O) groups excluding carboxylic acids is 1. The lowest BCUT2D eigenvalue weighted by Crippen LogP contribution is -2.21. The van der Waals surface area contributed by atoms with Gasteiger partial charge in [-0.25, -0.2) is 0 Å². The Kier molecular flexibility index (Phi) is 4.31. The van der Waals surface area contributed by atoms with Crippen LogP contribution in [0.2, 0.25) is 0 Å². The van der Waals surface area contributed by atoms with Crippen molar-refractivity contribution >= 4 is 5.78 Å². The van der Waals surface area contributed by atoms with Gasteiger partial charge in [0.05, 0.1) is 20.6 Å². The van der Waals surface area contributed by atoms with Crippen LogP contribution in [0.1, 0.15) is 39.6 Å². The highest BCUT2D eigenvalue weighted by molar-refractivity contribution is 6.03. The zero-order valence-electron chi connectivity index (χ0n) is 14.9. The standard InChI is InChI=1S/C19H20O7/c1-8-16(22)9(2)18-15(17(8)23)11(20)7-13(26-18)10-5-12(21)19(25-4)14(6-10)24-3/h5-6,13,21-23H,7H2,1-4H3/t13-/m0/s1. The molecule has 0 radical (unpaired) electrons. The number of ether oxygens (including phenoxy) is 3. The number of fused-ring (bicyclic) bond motifs is 1. The van der Waals surface area contributed by atoms with E-state index in [1.165, 1.54) is 27.2 Å². The van der Waals surface area contributed by atoms with E-state index in [4.69, 9.17) is 14.2 Å². The lowest BCUT2D eigenvalue weighted by molar-refractivity contribution is 0.0841. The predicted octanol–water partition coefficient (Wildman–Crippen LogP) is 3.14. The Hall–Kier alpha value is -3.09. The highest BCUT2D eigenvalue weighted by Crippen LogP contribution is 2.48. The fraction of sp³-hybridized carbons (Fsp3) is 0.316. The number of methoxy groups -OCH3 is 2. The lowest BCUT2D eigenvalue weighted by atomic mass is 9.91. The normalized spacial score (nSPS) is 16.0. The first-order valence-electron chi connectivity index (χ1n) is 7.99. The number of rotatable bonds is 3. The molecule has 0 unspecified atom stereocenters. The molecule has 0 spiro atoms. The molecule has 138 valence electrons. The second-order valence-corrected chi connectivity index (χ2v) is 6.16. The van der Waals surface area contributed by atoms with Gasteiger partial charge in [0, 0.05) is 16.7 Å². The third-order valence-electron chi connectivity index (χ3n) is 4.63. The molecule has 3 rings (SSSR count). The Morgan fingerprint density at radius 3 is 2.35 bits per heavy atom. The van der Waals surface area contributed by atoms with Crippen molar-refractivity contribution in [1.82, 2.24) is 0 Å². The molecule has 0 saturated heterocycles. The summed E-state index contributed by atoms with van der Waals surface area (Å²) in [5.74, 6) is -0.228. The minimum absolute atomic E-state index is 0.0286. The SMILES string of the molecule is COc1cc([C@@H]2CC(=O)c3c(O)c(C)c(O)c(C)c3O2)cc(O)c1OC. The van der Waals surface area contributed by atoms with Crippen LogP contribution in [0.5, 0.6) is 34.5 Å². The van der Waals surface area contributed by atoms with Crippen LogP contribution in [-0.2, 0) is 0 Å². The first kappa shape index (κ1) is 17.7. The molecule has 0 bridgehead atoms. The molecule has 1 atom stereocenters. The zero-order valence-corrected chi connectivity index (χ0v) is 14.9. The second kappa shape index (κ2) is 6.33. The molecule has 0 saturated carbocycles. The van der Waals surface area contributed by atoms with Crippen LogP contribution in [0.3, 0.4) is 0 Å². The van der Waals surface area contributed by atoms with E-state index < -0.39 is 6.10 Å². The smallest absolute Gasteiger partial charge is 0.203 e.